The SMILES string of the molecule is CCC[n+]1cccc(CC)c1.CS(=O)(=O)O. The predicted molar refractivity (Wildman–Crippen MR) is 63.8 cm³/mol. The summed E-state index contributed by atoms with van der Waals surface area (Å²) in [7, 11) is -3.67. The van der Waals surface area contributed by atoms with Crippen molar-refractivity contribution < 1.29 is 17.5 Å². The lowest BCUT2D eigenvalue weighted by molar-refractivity contribution is -0.697. The Hall–Kier alpha value is -0.940. The van der Waals surface area contributed by atoms with Gasteiger partial charge in [0.05, 0.1) is 6.26 Å². The summed E-state index contributed by atoms with van der Waals surface area (Å²) >= 11 is 0. The van der Waals surface area contributed by atoms with Gasteiger partial charge in [-0.1, -0.05) is 13.8 Å². The Kier molecular flexibility index (Phi) is 6.92. The summed E-state index contributed by atoms with van der Waals surface area (Å²) < 4.78 is 28.1. The Morgan fingerprint density at radius 2 is 1.94 bits per heavy atom. The second-order valence-corrected chi connectivity index (χ2v) is 5.00. The van der Waals surface area contributed by atoms with Crippen molar-refractivity contribution in [2.45, 2.75) is 33.2 Å². The summed E-state index contributed by atoms with van der Waals surface area (Å²) in [6.45, 7) is 5.52. The molecule has 0 aliphatic carbocycles. The van der Waals surface area contributed by atoms with Gasteiger partial charge in [0.25, 0.3) is 10.1 Å². The summed E-state index contributed by atoms with van der Waals surface area (Å²) in [5, 5.41) is 0. The van der Waals surface area contributed by atoms with Crippen LogP contribution in [0.2, 0.25) is 0 Å². The molecular formula is C11H20NO3S+. The van der Waals surface area contributed by atoms with Gasteiger partial charge in [-0.05, 0) is 12.5 Å². The van der Waals surface area contributed by atoms with E-state index < -0.39 is 10.1 Å². The first-order valence-corrected chi connectivity index (χ1v) is 7.12. The van der Waals surface area contributed by atoms with E-state index in [2.05, 4.69) is 42.9 Å². The van der Waals surface area contributed by atoms with Crippen LogP contribution in [0.25, 0.3) is 0 Å². The van der Waals surface area contributed by atoms with Crippen LogP contribution in [-0.4, -0.2) is 19.2 Å². The van der Waals surface area contributed by atoms with Crippen molar-refractivity contribution in [1.82, 2.24) is 0 Å². The van der Waals surface area contributed by atoms with Crippen LogP contribution in [0, 0.1) is 0 Å². The number of rotatable bonds is 3. The van der Waals surface area contributed by atoms with Crippen LogP contribution in [0.5, 0.6) is 0 Å². The van der Waals surface area contributed by atoms with E-state index in [-0.39, 0.29) is 0 Å². The summed E-state index contributed by atoms with van der Waals surface area (Å²) in [5.74, 6) is 0. The number of pyridine rings is 1. The van der Waals surface area contributed by atoms with Crippen molar-refractivity contribution in [3.8, 4) is 0 Å². The molecule has 16 heavy (non-hydrogen) atoms. The highest BCUT2D eigenvalue weighted by Crippen LogP contribution is 1.94. The van der Waals surface area contributed by atoms with E-state index in [4.69, 9.17) is 4.55 Å². The first-order chi connectivity index (χ1) is 7.36. The molecule has 0 fully saturated rings. The summed E-state index contributed by atoms with van der Waals surface area (Å²) in [4.78, 5) is 0. The van der Waals surface area contributed by atoms with Crippen LogP contribution in [0.4, 0.5) is 0 Å². The molecule has 0 amide bonds. The maximum atomic E-state index is 9.19. The average Bonchev–Trinajstić information content (AvgIpc) is 2.16. The maximum Gasteiger partial charge on any atom is 0.261 e. The molecule has 4 nitrogen and oxygen atoms in total. The summed E-state index contributed by atoms with van der Waals surface area (Å²) in [5.41, 5.74) is 1.42. The highest BCUT2D eigenvalue weighted by molar-refractivity contribution is 7.85. The topological polar surface area (TPSA) is 58.2 Å². The molecule has 1 aromatic rings. The van der Waals surface area contributed by atoms with Crippen LogP contribution in [0.15, 0.2) is 24.5 Å². The Bertz CT molecular complexity index is 393. The van der Waals surface area contributed by atoms with Gasteiger partial charge in [-0.3, -0.25) is 4.55 Å². The van der Waals surface area contributed by atoms with E-state index >= 15 is 0 Å². The normalized spacial score (nSPS) is 10.5. The minimum Gasteiger partial charge on any atom is -0.286 e. The minimum absolute atomic E-state index is 0.715. The Morgan fingerprint density at radius 3 is 2.38 bits per heavy atom. The molecule has 1 heterocycles. The van der Waals surface area contributed by atoms with Crippen LogP contribution in [0.1, 0.15) is 25.8 Å². The van der Waals surface area contributed by atoms with Crippen LogP contribution < -0.4 is 4.57 Å². The van der Waals surface area contributed by atoms with Gasteiger partial charge in [0.2, 0.25) is 0 Å². The fourth-order valence-electron chi connectivity index (χ4n) is 1.18. The average molecular weight is 246 g/mol. The molecule has 0 saturated carbocycles. The van der Waals surface area contributed by atoms with Gasteiger partial charge in [0, 0.05) is 18.1 Å². The lowest BCUT2D eigenvalue weighted by Crippen LogP contribution is -2.32. The zero-order chi connectivity index (χ0) is 12.6. The molecule has 5 heteroatoms. The third-order valence-electron chi connectivity index (χ3n) is 1.81. The molecule has 1 rings (SSSR count). The standard InChI is InChI=1S/C10H16N.CH4O3S/c1-3-7-11-8-5-6-10(4-2)9-11;1-5(2,3)4/h5-6,8-9H,3-4,7H2,1-2H3;1H3,(H,2,3,4)/q+1;. The van der Waals surface area contributed by atoms with E-state index in [0.29, 0.717) is 6.26 Å². The Morgan fingerprint density at radius 1 is 1.38 bits per heavy atom. The highest BCUT2D eigenvalue weighted by Gasteiger charge is 1.97. The fourth-order valence-corrected chi connectivity index (χ4v) is 1.18. The fraction of sp³-hybridized carbons (Fsp3) is 0.545. The van der Waals surface area contributed by atoms with E-state index in [1.54, 1.807) is 0 Å². The third kappa shape index (κ3) is 9.61. The molecule has 0 bridgehead atoms. The van der Waals surface area contributed by atoms with E-state index in [1.807, 2.05) is 0 Å². The first-order valence-electron chi connectivity index (χ1n) is 5.27. The lowest BCUT2D eigenvalue weighted by atomic mass is 10.2. The number of aromatic nitrogens is 1. The van der Waals surface area contributed by atoms with E-state index in [0.717, 1.165) is 13.0 Å². The van der Waals surface area contributed by atoms with E-state index in [1.165, 1.54) is 12.0 Å². The molecule has 0 aromatic carbocycles. The molecule has 0 aliphatic heterocycles. The number of hydrogen-bond acceptors (Lipinski definition) is 2. The molecule has 92 valence electrons. The van der Waals surface area contributed by atoms with Crippen molar-refractivity contribution in [1.29, 1.82) is 0 Å². The molecule has 1 aromatic heterocycles. The van der Waals surface area contributed by atoms with Crippen molar-refractivity contribution in [2.24, 2.45) is 0 Å². The van der Waals surface area contributed by atoms with Gasteiger partial charge in [-0.2, -0.15) is 8.42 Å². The second kappa shape index (κ2) is 7.35. The molecule has 0 spiro atoms. The number of aryl methyl sites for hydroxylation is 2. The van der Waals surface area contributed by atoms with Crippen molar-refractivity contribution in [3.63, 3.8) is 0 Å². The molecule has 0 radical (unpaired) electrons. The van der Waals surface area contributed by atoms with Crippen molar-refractivity contribution >= 4 is 10.1 Å². The quantitative estimate of drug-likeness (QED) is 0.648. The molecular weight excluding hydrogens is 226 g/mol. The molecule has 0 aliphatic rings. The molecule has 0 unspecified atom stereocenters. The van der Waals surface area contributed by atoms with Gasteiger partial charge in [-0.25, -0.2) is 4.57 Å². The largest absolute Gasteiger partial charge is 0.286 e. The van der Waals surface area contributed by atoms with Crippen molar-refractivity contribution in [2.75, 3.05) is 6.26 Å². The summed E-state index contributed by atoms with van der Waals surface area (Å²) in [6, 6.07) is 4.29. The maximum absolute atomic E-state index is 9.19. The van der Waals surface area contributed by atoms with Crippen LogP contribution in [0.3, 0.4) is 0 Å². The van der Waals surface area contributed by atoms with Gasteiger partial charge in [0.1, 0.15) is 6.54 Å². The van der Waals surface area contributed by atoms with Crippen LogP contribution >= 0.6 is 0 Å². The van der Waals surface area contributed by atoms with Gasteiger partial charge in [-0.15, -0.1) is 0 Å². The second-order valence-electron chi connectivity index (χ2n) is 3.54. The lowest BCUT2D eigenvalue weighted by Gasteiger charge is -1.95. The smallest absolute Gasteiger partial charge is 0.261 e. The van der Waals surface area contributed by atoms with Gasteiger partial charge < -0.3 is 0 Å². The predicted octanol–water partition coefficient (Wildman–Crippen LogP) is 1.45. The summed E-state index contributed by atoms with van der Waals surface area (Å²) in [6.07, 6.45) is 7.40. The molecule has 1 N–H and O–H groups in total. The third-order valence-corrected chi connectivity index (χ3v) is 1.81. The number of hydrogen-bond donors (Lipinski definition) is 1. The van der Waals surface area contributed by atoms with Crippen LogP contribution in [-0.2, 0) is 23.1 Å². The Balaban J connectivity index is 0.000000385. The first kappa shape index (κ1) is 15.1. The van der Waals surface area contributed by atoms with Crippen molar-refractivity contribution in [3.05, 3.63) is 30.1 Å². The zero-order valence-corrected chi connectivity index (χ0v) is 10.9. The minimum atomic E-state index is -3.67. The monoisotopic (exact) mass is 246 g/mol. The molecule has 0 saturated heterocycles. The number of nitrogens with zero attached hydrogens (tertiary/aromatic N) is 1. The Labute approximate surface area is 97.7 Å². The van der Waals surface area contributed by atoms with E-state index in [9.17, 15) is 8.42 Å². The highest BCUT2D eigenvalue weighted by atomic mass is 32.2. The van der Waals surface area contributed by atoms with Gasteiger partial charge >= 0.3 is 0 Å². The van der Waals surface area contributed by atoms with Gasteiger partial charge in [0.15, 0.2) is 12.4 Å². The molecule has 0 atom stereocenters. The zero-order valence-electron chi connectivity index (χ0n) is 10.0.